The molecule has 0 spiro atoms. The Hall–Kier alpha value is -1.20. The molecule has 19 heavy (non-hydrogen) atoms. The molecule has 0 saturated carbocycles. The van der Waals surface area contributed by atoms with Crippen molar-refractivity contribution in [3.05, 3.63) is 29.8 Å². The average Bonchev–Trinajstić information content (AvgIpc) is 2.25. The van der Waals surface area contributed by atoms with E-state index in [1.807, 2.05) is 32.8 Å². The summed E-state index contributed by atoms with van der Waals surface area (Å²) < 4.78 is 22.7. The van der Waals surface area contributed by atoms with Crippen LogP contribution in [0.2, 0.25) is 0 Å². The molecule has 0 atom stereocenters. The van der Waals surface area contributed by atoms with E-state index in [0.717, 1.165) is 6.26 Å². The Morgan fingerprint density at radius 3 is 2.00 bits per heavy atom. The second-order valence-corrected chi connectivity index (χ2v) is 7.76. The molecule has 0 unspecified atom stereocenters. The number of ketones is 1. The first-order valence-electron chi connectivity index (χ1n) is 6.04. The van der Waals surface area contributed by atoms with E-state index in [-0.39, 0.29) is 10.7 Å². The fraction of sp³-hybridized carbons (Fsp3) is 0.500. The minimum Gasteiger partial charge on any atom is -0.308 e. The molecule has 0 amide bonds. The van der Waals surface area contributed by atoms with Crippen LogP contribution in [-0.2, 0) is 9.84 Å². The van der Waals surface area contributed by atoms with Crippen LogP contribution in [0.5, 0.6) is 0 Å². The second-order valence-electron chi connectivity index (χ2n) is 5.75. The van der Waals surface area contributed by atoms with Crippen LogP contribution >= 0.6 is 0 Å². The molecule has 0 fully saturated rings. The maximum Gasteiger partial charge on any atom is 0.175 e. The molecule has 0 radical (unpaired) electrons. The van der Waals surface area contributed by atoms with Gasteiger partial charge in [-0.25, -0.2) is 8.42 Å². The van der Waals surface area contributed by atoms with Crippen LogP contribution in [0.4, 0.5) is 0 Å². The molecule has 0 saturated heterocycles. The molecule has 0 aliphatic carbocycles. The van der Waals surface area contributed by atoms with Crippen LogP contribution in [0, 0.1) is 5.41 Å². The van der Waals surface area contributed by atoms with Crippen LogP contribution in [0.3, 0.4) is 0 Å². The van der Waals surface area contributed by atoms with Gasteiger partial charge < -0.3 is 4.90 Å². The van der Waals surface area contributed by atoms with E-state index < -0.39 is 15.3 Å². The maximum atomic E-state index is 12.4. The largest absolute Gasteiger partial charge is 0.308 e. The van der Waals surface area contributed by atoms with Gasteiger partial charge in [0, 0.05) is 23.8 Å². The van der Waals surface area contributed by atoms with Crippen molar-refractivity contribution in [2.45, 2.75) is 18.7 Å². The number of hydrogen-bond donors (Lipinski definition) is 0. The Morgan fingerprint density at radius 1 is 1.16 bits per heavy atom. The van der Waals surface area contributed by atoms with Gasteiger partial charge in [-0.3, -0.25) is 4.79 Å². The van der Waals surface area contributed by atoms with Crippen LogP contribution in [0.15, 0.2) is 29.2 Å². The number of carbonyl (C=O) groups is 1. The van der Waals surface area contributed by atoms with Crippen molar-refractivity contribution in [2.24, 2.45) is 5.41 Å². The lowest BCUT2D eigenvalue weighted by Gasteiger charge is -2.26. The third kappa shape index (κ3) is 4.14. The molecular formula is C14H21NO3S. The van der Waals surface area contributed by atoms with Gasteiger partial charge in [0.25, 0.3) is 0 Å². The summed E-state index contributed by atoms with van der Waals surface area (Å²) in [5.41, 5.74) is 0.0371. The number of Topliss-reactive ketones (excluding diaryl/α,β-unsaturated/α-hetero) is 1. The molecule has 5 heteroatoms. The molecule has 0 heterocycles. The molecule has 1 rings (SSSR count). The Morgan fingerprint density at radius 2 is 1.63 bits per heavy atom. The molecule has 1 aromatic carbocycles. The van der Waals surface area contributed by atoms with Gasteiger partial charge in [0.1, 0.15) is 0 Å². The average molecular weight is 283 g/mol. The maximum absolute atomic E-state index is 12.4. The van der Waals surface area contributed by atoms with Crippen molar-refractivity contribution in [3.8, 4) is 0 Å². The number of nitrogens with zero attached hydrogens (tertiary/aromatic N) is 1. The van der Waals surface area contributed by atoms with Crippen molar-refractivity contribution in [1.29, 1.82) is 0 Å². The van der Waals surface area contributed by atoms with Gasteiger partial charge in [-0.1, -0.05) is 26.0 Å². The van der Waals surface area contributed by atoms with Crippen molar-refractivity contribution < 1.29 is 13.2 Å². The summed E-state index contributed by atoms with van der Waals surface area (Å²) in [6, 6.07) is 6.12. The highest BCUT2D eigenvalue weighted by Crippen LogP contribution is 2.23. The van der Waals surface area contributed by atoms with Gasteiger partial charge in [-0.05, 0) is 26.2 Å². The highest BCUT2D eigenvalue weighted by molar-refractivity contribution is 7.90. The Labute approximate surface area is 115 Å². The third-order valence-corrected chi connectivity index (χ3v) is 4.00. The van der Waals surface area contributed by atoms with Gasteiger partial charge in [-0.2, -0.15) is 0 Å². The molecule has 4 nitrogen and oxygen atoms in total. The third-order valence-electron chi connectivity index (χ3n) is 2.87. The lowest BCUT2D eigenvalue weighted by atomic mass is 9.84. The zero-order chi connectivity index (χ0) is 14.8. The van der Waals surface area contributed by atoms with E-state index in [2.05, 4.69) is 0 Å². The van der Waals surface area contributed by atoms with Crippen molar-refractivity contribution in [1.82, 2.24) is 4.90 Å². The van der Waals surface area contributed by atoms with Gasteiger partial charge >= 0.3 is 0 Å². The van der Waals surface area contributed by atoms with Crippen LogP contribution < -0.4 is 0 Å². The fourth-order valence-electron chi connectivity index (χ4n) is 2.11. The summed E-state index contributed by atoms with van der Waals surface area (Å²) in [5.74, 6) is 0.0150. The summed E-state index contributed by atoms with van der Waals surface area (Å²) in [7, 11) is 0.618. The minimum absolute atomic E-state index is 0.0150. The standard InChI is InChI=1S/C14H21NO3S/c1-14(2,10-15(3)4)13(16)11-6-8-12(9-7-11)19(5,17)18/h6-9H,10H2,1-5H3. The Balaban J connectivity index is 3.02. The first-order valence-corrected chi connectivity index (χ1v) is 7.93. The molecule has 0 N–H and O–H groups in total. The summed E-state index contributed by atoms with van der Waals surface area (Å²) >= 11 is 0. The molecular weight excluding hydrogens is 262 g/mol. The molecule has 0 bridgehead atoms. The fourth-order valence-corrected chi connectivity index (χ4v) is 2.74. The van der Waals surface area contributed by atoms with Gasteiger partial charge in [0.15, 0.2) is 15.6 Å². The normalized spacial score (nSPS) is 12.7. The lowest BCUT2D eigenvalue weighted by Crippen LogP contribution is -2.35. The smallest absolute Gasteiger partial charge is 0.175 e. The first kappa shape index (κ1) is 15.9. The Bertz CT molecular complexity index is 557. The summed E-state index contributed by atoms with van der Waals surface area (Å²) in [4.78, 5) is 14.6. The zero-order valence-corrected chi connectivity index (χ0v) is 12.9. The van der Waals surface area contributed by atoms with Crippen molar-refractivity contribution in [2.75, 3.05) is 26.9 Å². The number of sulfone groups is 1. The first-order chi connectivity index (χ1) is 8.54. The SMILES string of the molecule is CN(C)CC(C)(C)C(=O)c1ccc(S(C)(=O)=O)cc1. The number of hydrogen-bond acceptors (Lipinski definition) is 4. The van der Waals surface area contributed by atoms with Gasteiger partial charge in [0.05, 0.1) is 4.90 Å². The number of carbonyl (C=O) groups excluding carboxylic acids is 1. The van der Waals surface area contributed by atoms with Crippen LogP contribution in [-0.4, -0.2) is 46.0 Å². The summed E-state index contributed by atoms with van der Waals surface area (Å²) in [5, 5.41) is 0. The van der Waals surface area contributed by atoms with E-state index in [0.29, 0.717) is 12.1 Å². The predicted octanol–water partition coefficient (Wildman–Crippen LogP) is 1.86. The van der Waals surface area contributed by atoms with E-state index in [1.54, 1.807) is 12.1 Å². The summed E-state index contributed by atoms with van der Waals surface area (Å²) in [6.07, 6.45) is 1.15. The highest BCUT2D eigenvalue weighted by atomic mass is 32.2. The molecule has 0 aliphatic rings. The molecule has 0 aliphatic heterocycles. The topological polar surface area (TPSA) is 54.5 Å². The zero-order valence-electron chi connectivity index (χ0n) is 12.1. The minimum atomic E-state index is -3.22. The lowest BCUT2D eigenvalue weighted by molar-refractivity contribution is 0.0797. The molecule has 1 aromatic rings. The number of rotatable bonds is 5. The van der Waals surface area contributed by atoms with Crippen LogP contribution in [0.25, 0.3) is 0 Å². The highest BCUT2D eigenvalue weighted by Gasteiger charge is 2.29. The quantitative estimate of drug-likeness (QED) is 0.774. The van der Waals surface area contributed by atoms with Crippen LogP contribution in [0.1, 0.15) is 24.2 Å². The van der Waals surface area contributed by atoms with E-state index in [4.69, 9.17) is 0 Å². The van der Waals surface area contributed by atoms with Gasteiger partial charge in [0.2, 0.25) is 0 Å². The monoisotopic (exact) mass is 283 g/mol. The van der Waals surface area contributed by atoms with E-state index in [1.165, 1.54) is 12.1 Å². The second kappa shape index (κ2) is 5.43. The Kier molecular flexibility index (Phi) is 4.53. The molecule has 106 valence electrons. The summed E-state index contributed by atoms with van der Waals surface area (Å²) in [6.45, 7) is 4.42. The molecule has 0 aromatic heterocycles. The van der Waals surface area contributed by atoms with Gasteiger partial charge in [-0.15, -0.1) is 0 Å². The van der Waals surface area contributed by atoms with Crippen molar-refractivity contribution in [3.63, 3.8) is 0 Å². The van der Waals surface area contributed by atoms with Crippen molar-refractivity contribution >= 4 is 15.6 Å². The van der Waals surface area contributed by atoms with E-state index >= 15 is 0 Å². The predicted molar refractivity (Wildman–Crippen MR) is 76.2 cm³/mol. The van der Waals surface area contributed by atoms with E-state index in [9.17, 15) is 13.2 Å². The number of benzene rings is 1.